The SMILES string of the molecule is CC1(/C=C/C(=O)NCCN2CCOCC2)COC2(OO1)C1CC3CC(C1)CC2C3. The van der Waals surface area contributed by atoms with Crippen LogP contribution in [0.1, 0.15) is 39.0 Å². The molecule has 0 aromatic heterocycles. The van der Waals surface area contributed by atoms with Gasteiger partial charge in [-0.25, -0.2) is 4.89 Å². The van der Waals surface area contributed by atoms with Crippen LogP contribution in [0.2, 0.25) is 0 Å². The van der Waals surface area contributed by atoms with Crippen LogP contribution in [0.3, 0.4) is 0 Å². The third-order valence-electron chi connectivity index (χ3n) is 7.64. The normalized spacial score (nSPS) is 44.6. The van der Waals surface area contributed by atoms with E-state index in [9.17, 15) is 4.79 Å². The van der Waals surface area contributed by atoms with E-state index in [-0.39, 0.29) is 5.91 Å². The molecular weight excluding hydrogens is 372 g/mol. The first-order chi connectivity index (χ1) is 14.0. The van der Waals surface area contributed by atoms with Crippen LogP contribution in [0.4, 0.5) is 0 Å². The van der Waals surface area contributed by atoms with Gasteiger partial charge in [-0.05, 0) is 56.9 Å². The molecule has 0 radical (unpaired) electrons. The Balaban J connectivity index is 1.10. The van der Waals surface area contributed by atoms with Crippen molar-refractivity contribution in [3.63, 3.8) is 0 Å². The van der Waals surface area contributed by atoms with Crippen LogP contribution in [-0.4, -0.2) is 68.2 Å². The number of nitrogens with zero attached hydrogens (tertiary/aromatic N) is 1. The summed E-state index contributed by atoms with van der Waals surface area (Å²) >= 11 is 0. The topological polar surface area (TPSA) is 69.3 Å². The molecule has 4 saturated carbocycles. The second-order valence-corrected chi connectivity index (χ2v) is 9.87. The standard InChI is InChI=1S/C22H34N2O5/c1-21(3-2-20(25)23-4-5-24-6-8-26-9-7-24)15-27-22(29-28-21)18-11-16-10-17(13-18)14-19(22)12-16/h2-3,16-19H,4-15H2,1H3,(H,23,25)/b3-2+. The lowest BCUT2D eigenvalue weighted by Crippen LogP contribution is -2.64. The predicted octanol–water partition coefficient (Wildman–Crippen LogP) is 1.88. The third kappa shape index (κ3) is 4.00. The van der Waals surface area contributed by atoms with Crippen LogP contribution in [0, 0.1) is 23.7 Å². The van der Waals surface area contributed by atoms with Gasteiger partial charge in [0, 0.05) is 44.1 Å². The van der Waals surface area contributed by atoms with E-state index in [1.165, 1.54) is 32.1 Å². The summed E-state index contributed by atoms with van der Waals surface area (Å²) in [5.74, 6) is 1.94. The minimum atomic E-state index is -0.735. The maximum Gasteiger partial charge on any atom is 0.243 e. The highest BCUT2D eigenvalue weighted by Crippen LogP contribution is 2.61. The van der Waals surface area contributed by atoms with Gasteiger partial charge < -0.3 is 14.8 Å². The molecule has 4 bridgehead atoms. The number of amides is 1. The Bertz CT molecular complexity index is 607. The summed E-state index contributed by atoms with van der Waals surface area (Å²) in [6.07, 6.45) is 9.51. The van der Waals surface area contributed by atoms with E-state index in [4.69, 9.17) is 19.2 Å². The number of ether oxygens (including phenoxy) is 2. The number of nitrogens with one attached hydrogen (secondary N) is 1. The zero-order valence-corrected chi connectivity index (χ0v) is 17.4. The van der Waals surface area contributed by atoms with Gasteiger partial charge in [0.1, 0.15) is 5.60 Å². The van der Waals surface area contributed by atoms with Crippen LogP contribution in [0.25, 0.3) is 0 Å². The van der Waals surface area contributed by atoms with E-state index < -0.39 is 11.4 Å². The average Bonchev–Trinajstić information content (AvgIpc) is 2.72. The van der Waals surface area contributed by atoms with Gasteiger partial charge in [-0.3, -0.25) is 9.69 Å². The smallest absolute Gasteiger partial charge is 0.243 e. The molecule has 7 heteroatoms. The third-order valence-corrected chi connectivity index (χ3v) is 7.64. The Kier molecular flexibility index (Phi) is 5.45. The van der Waals surface area contributed by atoms with Crippen LogP contribution >= 0.6 is 0 Å². The molecule has 6 fully saturated rings. The first kappa shape index (κ1) is 19.9. The van der Waals surface area contributed by atoms with Gasteiger partial charge >= 0.3 is 0 Å². The second kappa shape index (κ2) is 7.93. The second-order valence-electron chi connectivity index (χ2n) is 9.87. The van der Waals surface area contributed by atoms with E-state index in [2.05, 4.69) is 10.2 Å². The maximum absolute atomic E-state index is 12.2. The highest BCUT2D eigenvalue weighted by atomic mass is 17.2. The van der Waals surface area contributed by atoms with Gasteiger partial charge in [-0.2, -0.15) is 4.89 Å². The summed E-state index contributed by atoms with van der Waals surface area (Å²) in [6, 6.07) is 0. The molecule has 2 saturated heterocycles. The molecule has 1 N–H and O–H groups in total. The molecule has 162 valence electrons. The van der Waals surface area contributed by atoms with Gasteiger partial charge in [0.15, 0.2) is 0 Å². The first-order valence-corrected chi connectivity index (χ1v) is 11.3. The van der Waals surface area contributed by atoms with Crippen molar-refractivity contribution in [3.8, 4) is 0 Å². The summed E-state index contributed by atoms with van der Waals surface area (Å²) in [5, 5.41) is 2.94. The molecule has 7 nitrogen and oxygen atoms in total. The number of carbonyl (C=O) groups excluding carboxylic acids is 1. The first-order valence-electron chi connectivity index (χ1n) is 11.3. The molecular formula is C22H34N2O5. The Morgan fingerprint density at radius 3 is 2.38 bits per heavy atom. The molecule has 0 aromatic rings. The van der Waals surface area contributed by atoms with Crippen molar-refractivity contribution < 1.29 is 24.0 Å². The fourth-order valence-corrected chi connectivity index (χ4v) is 6.23. The molecule has 2 aliphatic heterocycles. The van der Waals surface area contributed by atoms with Crippen molar-refractivity contribution in [2.24, 2.45) is 23.7 Å². The highest BCUT2D eigenvalue weighted by Gasteiger charge is 2.62. The zero-order valence-electron chi connectivity index (χ0n) is 17.4. The van der Waals surface area contributed by atoms with E-state index in [1.807, 2.05) is 6.92 Å². The largest absolute Gasteiger partial charge is 0.379 e. The number of rotatable bonds is 5. The predicted molar refractivity (Wildman–Crippen MR) is 106 cm³/mol. The van der Waals surface area contributed by atoms with Gasteiger partial charge in [-0.1, -0.05) is 0 Å². The Hall–Kier alpha value is -0.990. The summed E-state index contributed by atoms with van der Waals surface area (Å²) in [5.41, 5.74) is -0.735. The quantitative estimate of drug-likeness (QED) is 0.555. The van der Waals surface area contributed by atoms with Gasteiger partial charge in [0.25, 0.3) is 0 Å². The molecule has 1 amide bonds. The van der Waals surface area contributed by atoms with Crippen molar-refractivity contribution in [1.82, 2.24) is 10.2 Å². The molecule has 29 heavy (non-hydrogen) atoms. The van der Waals surface area contributed by atoms with Crippen molar-refractivity contribution in [2.45, 2.75) is 50.4 Å². The molecule has 2 heterocycles. The molecule has 1 spiro atoms. The van der Waals surface area contributed by atoms with Gasteiger partial charge in [0.05, 0.1) is 19.8 Å². The van der Waals surface area contributed by atoms with Crippen molar-refractivity contribution in [2.75, 3.05) is 46.0 Å². The fourth-order valence-electron chi connectivity index (χ4n) is 6.23. The summed E-state index contributed by atoms with van der Waals surface area (Å²) in [6.45, 7) is 7.20. The van der Waals surface area contributed by atoms with Crippen LogP contribution in [0.5, 0.6) is 0 Å². The Morgan fingerprint density at radius 2 is 1.76 bits per heavy atom. The van der Waals surface area contributed by atoms with Crippen molar-refractivity contribution in [1.29, 1.82) is 0 Å². The Morgan fingerprint density at radius 1 is 1.07 bits per heavy atom. The summed E-state index contributed by atoms with van der Waals surface area (Å²) in [4.78, 5) is 26.4. The molecule has 6 aliphatic rings. The van der Waals surface area contributed by atoms with Gasteiger partial charge in [0.2, 0.25) is 11.7 Å². The maximum atomic E-state index is 12.2. The van der Waals surface area contributed by atoms with Crippen molar-refractivity contribution >= 4 is 5.91 Å². The van der Waals surface area contributed by atoms with E-state index in [1.54, 1.807) is 12.2 Å². The molecule has 1 unspecified atom stereocenters. The average molecular weight is 407 g/mol. The number of hydrogen-bond donors (Lipinski definition) is 1. The molecule has 6 rings (SSSR count). The monoisotopic (exact) mass is 406 g/mol. The summed E-state index contributed by atoms with van der Waals surface area (Å²) in [7, 11) is 0. The number of morpholine rings is 1. The number of carbonyl (C=O) groups is 1. The number of hydrogen-bond acceptors (Lipinski definition) is 6. The molecule has 1 atom stereocenters. The van der Waals surface area contributed by atoms with Crippen LogP contribution < -0.4 is 5.32 Å². The Labute approximate surface area is 173 Å². The summed E-state index contributed by atoms with van der Waals surface area (Å²) < 4.78 is 11.7. The van der Waals surface area contributed by atoms with E-state index in [0.717, 1.165) is 44.7 Å². The van der Waals surface area contributed by atoms with Crippen LogP contribution in [-0.2, 0) is 24.0 Å². The van der Waals surface area contributed by atoms with Crippen LogP contribution in [0.15, 0.2) is 12.2 Å². The zero-order chi connectivity index (χ0) is 19.9. The lowest BCUT2D eigenvalue weighted by molar-refractivity contribution is -0.536. The van der Waals surface area contributed by atoms with E-state index in [0.29, 0.717) is 25.0 Å². The lowest BCUT2D eigenvalue weighted by Gasteiger charge is -2.61. The minimum absolute atomic E-state index is 0.113. The minimum Gasteiger partial charge on any atom is -0.379 e. The lowest BCUT2D eigenvalue weighted by atomic mass is 9.53. The molecule has 4 aliphatic carbocycles. The van der Waals surface area contributed by atoms with Gasteiger partial charge in [-0.15, -0.1) is 0 Å². The molecule has 0 aromatic carbocycles. The fraction of sp³-hybridized carbons (Fsp3) is 0.864. The van der Waals surface area contributed by atoms with Crippen molar-refractivity contribution in [3.05, 3.63) is 12.2 Å². The van der Waals surface area contributed by atoms with E-state index >= 15 is 0 Å². The highest BCUT2D eigenvalue weighted by molar-refractivity contribution is 5.87.